The Hall–Kier alpha value is -0.610. The van der Waals surface area contributed by atoms with Gasteiger partial charge in [-0.25, -0.2) is 0 Å². The highest BCUT2D eigenvalue weighted by Crippen LogP contribution is 2.27. The molecular formula is C10H18N2O2. The molecule has 4 nitrogen and oxygen atoms in total. The summed E-state index contributed by atoms with van der Waals surface area (Å²) in [7, 11) is 0. The Bertz CT molecular complexity index is 224. The second-order valence-corrected chi connectivity index (χ2v) is 4.33. The first kappa shape index (κ1) is 9.93. The number of nitrogens with zero attached hydrogens (tertiary/aromatic N) is 1. The van der Waals surface area contributed by atoms with Crippen LogP contribution in [-0.4, -0.2) is 49.2 Å². The van der Waals surface area contributed by atoms with E-state index in [1.54, 1.807) is 0 Å². The van der Waals surface area contributed by atoms with Crippen LogP contribution in [0.2, 0.25) is 0 Å². The molecule has 2 fully saturated rings. The first-order chi connectivity index (χ1) is 6.72. The van der Waals surface area contributed by atoms with Crippen molar-refractivity contribution in [3.63, 3.8) is 0 Å². The number of hydrogen-bond donors (Lipinski definition) is 1. The molecule has 1 amide bonds. The summed E-state index contributed by atoms with van der Waals surface area (Å²) in [6, 6.07) is 0. The standard InChI is InChI=1S/C10H18N2O2/c1-10(2-6-14-7-3-10)12-5-4-11-8-9(12)13/h11H,2-8H2,1H3. The fourth-order valence-electron chi connectivity index (χ4n) is 2.26. The maximum Gasteiger partial charge on any atom is 0.237 e. The van der Waals surface area contributed by atoms with Crippen molar-refractivity contribution in [2.45, 2.75) is 25.3 Å². The molecular weight excluding hydrogens is 180 g/mol. The fourth-order valence-corrected chi connectivity index (χ4v) is 2.26. The highest BCUT2D eigenvalue weighted by Gasteiger charge is 2.37. The van der Waals surface area contributed by atoms with Gasteiger partial charge in [-0.2, -0.15) is 0 Å². The summed E-state index contributed by atoms with van der Waals surface area (Å²) in [5.41, 5.74) is 0.0391. The fraction of sp³-hybridized carbons (Fsp3) is 0.900. The van der Waals surface area contributed by atoms with E-state index in [0.29, 0.717) is 6.54 Å². The third kappa shape index (κ3) is 1.77. The number of hydrogen-bond acceptors (Lipinski definition) is 3. The lowest BCUT2D eigenvalue weighted by molar-refractivity contribution is -0.142. The number of carbonyl (C=O) groups is 1. The zero-order chi connectivity index (χ0) is 10.0. The second-order valence-electron chi connectivity index (χ2n) is 4.33. The van der Waals surface area contributed by atoms with E-state index in [1.807, 2.05) is 4.90 Å². The summed E-state index contributed by atoms with van der Waals surface area (Å²) in [6.07, 6.45) is 1.94. The Morgan fingerprint density at radius 3 is 2.79 bits per heavy atom. The van der Waals surface area contributed by atoms with Crippen molar-refractivity contribution >= 4 is 5.91 Å². The number of rotatable bonds is 1. The van der Waals surface area contributed by atoms with Gasteiger partial charge in [0.1, 0.15) is 0 Å². The highest BCUT2D eigenvalue weighted by atomic mass is 16.5. The maximum atomic E-state index is 11.7. The molecule has 0 radical (unpaired) electrons. The Morgan fingerprint density at radius 2 is 2.14 bits per heavy atom. The van der Waals surface area contributed by atoms with E-state index in [-0.39, 0.29) is 11.4 Å². The van der Waals surface area contributed by atoms with Gasteiger partial charge < -0.3 is 15.0 Å². The monoisotopic (exact) mass is 198 g/mol. The summed E-state index contributed by atoms with van der Waals surface area (Å²) in [5.74, 6) is 0.237. The van der Waals surface area contributed by atoms with E-state index in [2.05, 4.69) is 12.2 Å². The average Bonchev–Trinajstić information content (AvgIpc) is 2.19. The van der Waals surface area contributed by atoms with Gasteiger partial charge in [-0.05, 0) is 19.8 Å². The molecule has 0 unspecified atom stereocenters. The predicted octanol–water partition coefficient (Wildman–Crippen LogP) is -0.0127. The molecule has 2 rings (SSSR count). The number of ether oxygens (including phenoxy) is 1. The van der Waals surface area contributed by atoms with Gasteiger partial charge in [0.2, 0.25) is 5.91 Å². The van der Waals surface area contributed by atoms with Gasteiger partial charge in [0, 0.05) is 31.8 Å². The van der Waals surface area contributed by atoms with Crippen molar-refractivity contribution in [1.29, 1.82) is 0 Å². The summed E-state index contributed by atoms with van der Waals surface area (Å²) < 4.78 is 5.34. The maximum absolute atomic E-state index is 11.7. The molecule has 4 heteroatoms. The zero-order valence-electron chi connectivity index (χ0n) is 8.71. The first-order valence-electron chi connectivity index (χ1n) is 5.31. The zero-order valence-corrected chi connectivity index (χ0v) is 8.71. The average molecular weight is 198 g/mol. The molecule has 2 saturated heterocycles. The molecule has 0 aromatic carbocycles. The lowest BCUT2D eigenvalue weighted by Gasteiger charge is -2.45. The van der Waals surface area contributed by atoms with E-state index in [0.717, 1.165) is 39.1 Å². The third-order valence-electron chi connectivity index (χ3n) is 3.31. The van der Waals surface area contributed by atoms with Crippen LogP contribution in [0, 0.1) is 0 Å². The molecule has 0 atom stereocenters. The van der Waals surface area contributed by atoms with E-state index in [9.17, 15) is 4.79 Å². The van der Waals surface area contributed by atoms with Crippen LogP contribution in [0.5, 0.6) is 0 Å². The molecule has 0 bridgehead atoms. The minimum absolute atomic E-state index is 0.0391. The predicted molar refractivity (Wildman–Crippen MR) is 53.0 cm³/mol. The van der Waals surface area contributed by atoms with Crippen molar-refractivity contribution in [3.05, 3.63) is 0 Å². The summed E-state index contributed by atoms with van der Waals surface area (Å²) in [6.45, 7) is 6.01. The molecule has 2 aliphatic rings. The molecule has 0 spiro atoms. The lowest BCUT2D eigenvalue weighted by Crippen LogP contribution is -2.59. The first-order valence-corrected chi connectivity index (χ1v) is 5.31. The van der Waals surface area contributed by atoms with E-state index < -0.39 is 0 Å². The van der Waals surface area contributed by atoms with E-state index in [1.165, 1.54) is 0 Å². The normalized spacial score (nSPS) is 27.8. The minimum Gasteiger partial charge on any atom is -0.381 e. The van der Waals surface area contributed by atoms with Crippen LogP contribution in [0.25, 0.3) is 0 Å². The minimum atomic E-state index is 0.0391. The lowest BCUT2D eigenvalue weighted by atomic mass is 9.89. The summed E-state index contributed by atoms with van der Waals surface area (Å²) in [5, 5.41) is 3.10. The number of nitrogens with one attached hydrogen (secondary N) is 1. The molecule has 14 heavy (non-hydrogen) atoms. The second kappa shape index (κ2) is 3.87. The van der Waals surface area contributed by atoms with Gasteiger partial charge in [0.25, 0.3) is 0 Å². The van der Waals surface area contributed by atoms with E-state index in [4.69, 9.17) is 4.74 Å². The van der Waals surface area contributed by atoms with Crippen LogP contribution in [0.4, 0.5) is 0 Å². The van der Waals surface area contributed by atoms with Crippen molar-refractivity contribution in [1.82, 2.24) is 10.2 Å². The van der Waals surface area contributed by atoms with Gasteiger partial charge in [-0.15, -0.1) is 0 Å². The van der Waals surface area contributed by atoms with Gasteiger partial charge in [0.15, 0.2) is 0 Å². The van der Waals surface area contributed by atoms with Crippen molar-refractivity contribution in [2.75, 3.05) is 32.8 Å². The van der Waals surface area contributed by atoms with Gasteiger partial charge in [0.05, 0.1) is 6.54 Å². The largest absolute Gasteiger partial charge is 0.381 e. The third-order valence-corrected chi connectivity index (χ3v) is 3.31. The smallest absolute Gasteiger partial charge is 0.237 e. The Kier molecular flexibility index (Phi) is 2.74. The van der Waals surface area contributed by atoms with Crippen LogP contribution in [0.3, 0.4) is 0 Å². The van der Waals surface area contributed by atoms with Crippen molar-refractivity contribution < 1.29 is 9.53 Å². The van der Waals surface area contributed by atoms with Crippen molar-refractivity contribution in [2.24, 2.45) is 0 Å². The van der Waals surface area contributed by atoms with Gasteiger partial charge >= 0.3 is 0 Å². The number of amides is 1. The van der Waals surface area contributed by atoms with Crippen LogP contribution in [0.1, 0.15) is 19.8 Å². The molecule has 0 aromatic rings. The summed E-state index contributed by atoms with van der Waals surface area (Å²) in [4.78, 5) is 13.8. The van der Waals surface area contributed by atoms with Crippen LogP contribution in [-0.2, 0) is 9.53 Å². The van der Waals surface area contributed by atoms with Crippen LogP contribution >= 0.6 is 0 Å². The SMILES string of the molecule is CC1(N2CCNCC2=O)CCOCC1. The summed E-state index contributed by atoms with van der Waals surface area (Å²) >= 11 is 0. The Morgan fingerprint density at radius 1 is 1.43 bits per heavy atom. The highest BCUT2D eigenvalue weighted by molar-refractivity contribution is 5.79. The molecule has 1 N–H and O–H groups in total. The van der Waals surface area contributed by atoms with Gasteiger partial charge in [-0.3, -0.25) is 4.79 Å². The quantitative estimate of drug-likeness (QED) is 0.644. The molecule has 2 heterocycles. The van der Waals surface area contributed by atoms with Crippen LogP contribution < -0.4 is 5.32 Å². The Balaban J connectivity index is 2.06. The molecule has 80 valence electrons. The molecule has 0 aromatic heterocycles. The van der Waals surface area contributed by atoms with Gasteiger partial charge in [-0.1, -0.05) is 0 Å². The molecule has 2 aliphatic heterocycles. The van der Waals surface area contributed by atoms with Crippen LogP contribution in [0.15, 0.2) is 0 Å². The molecule has 0 aliphatic carbocycles. The van der Waals surface area contributed by atoms with E-state index >= 15 is 0 Å². The van der Waals surface area contributed by atoms with Crippen molar-refractivity contribution in [3.8, 4) is 0 Å². The Labute approximate surface area is 84.6 Å². The topological polar surface area (TPSA) is 41.6 Å². The molecule has 0 saturated carbocycles. The number of piperazine rings is 1. The number of carbonyl (C=O) groups excluding carboxylic acids is 1.